The van der Waals surface area contributed by atoms with Crippen molar-refractivity contribution in [3.8, 4) is 17.2 Å². The number of benzene rings is 2. The van der Waals surface area contributed by atoms with Crippen LogP contribution in [0.4, 0.5) is 10.5 Å². The highest BCUT2D eigenvalue weighted by Gasteiger charge is 2.56. The van der Waals surface area contributed by atoms with E-state index in [1.54, 1.807) is 54.6 Å². The molecule has 3 atom stereocenters. The van der Waals surface area contributed by atoms with Gasteiger partial charge in [-0.05, 0) is 66.8 Å². The average molecular weight is 587 g/mol. The maximum atomic E-state index is 14.6. The van der Waals surface area contributed by atoms with Gasteiger partial charge in [-0.15, -0.1) is 0 Å². The summed E-state index contributed by atoms with van der Waals surface area (Å²) in [7, 11) is 4.59. The second-order valence-corrected chi connectivity index (χ2v) is 11.4. The number of ether oxygens (including phenoxy) is 3. The van der Waals surface area contributed by atoms with E-state index in [4.69, 9.17) is 14.2 Å². The Hall–Kier alpha value is -4.64. The molecule has 224 valence electrons. The molecule has 1 aromatic heterocycles. The number of carbonyl (C=O) groups is 3. The second-order valence-electron chi connectivity index (χ2n) is 11.4. The van der Waals surface area contributed by atoms with Crippen molar-refractivity contribution in [3.63, 3.8) is 0 Å². The van der Waals surface area contributed by atoms with Crippen LogP contribution in [0.5, 0.6) is 17.2 Å². The van der Waals surface area contributed by atoms with Crippen LogP contribution in [0.15, 0.2) is 65.5 Å². The molecular weight excluding hydrogens is 552 g/mol. The molecule has 3 unspecified atom stereocenters. The number of hydrogen-bond acceptors (Lipinski definition) is 8. The third-order valence-electron chi connectivity index (χ3n) is 8.80. The molecule has 1 N–H and O–H groups in total. The summed E-state index contributed by atoms with van der Waals surface area (Å²) in [6.45, 7) is 1.87. The Labute approximate surface area is 248 Å². The molecule has 2 fully saturated rings. The van der Waals surface area contributed by atoms with Crippen LogP contribution in [0.1, 0.15) is 23.6 Å². The van der Waals surface area contributed by atoms with Gasteiger partial charge < -0.3 is 23.7 Å². The SMILES string of the molecule is COc1ccc(N2C(=O)NC(=O)C(Cc3ccc(OC)c(OC)c3)(CN3CC4CC(C3)c3cccc(=O)n3C4)C2=O)cc1. The number of nitrogens with one attached hydrogen (secondary N) is 1. The molecular formula is C32H34N4O7. The first kappa shape index (κ1) is 28.5. The van der Waals surface area contributed by atoms with Gasteiger partial charge in [-0.3, -0.25) is 19.7 Å². The van der Waals surface area contributed by atoms with Crippen molar-refractivity contribution >= 4 is 23.5 Å². The molecule has 2 saturated heterocycles. The van der Waals surface area contributed by atoms with Crippen LogP contribution >= 0.6 is 0 Å². The molecule has 3 aromatic rings. The van der Waals surface area contributed by atoms with Crippen molar-refractivity contribution in [1.29, 1.82) is 0 Å². The van der Waals surface area contributed by atoms with Crippen LogP contribution in [-0.4, -0.2) is 68.3 Å². The normalized spacial score (nSPS) is 23.4. The molecule has 6 rings (SSSR count). The molecule has 3 aliphatic rings. The lowest BCUT2D eigenvalue weighted by molar-refractivity contribution is -0.144. The number of piperidine rings is 1. The second kappa shape index (κ2) is 11.2. The molecule has 11 nitrogen and oxygen atoms in total. The van der Waals surface area contributed by atoms with Crippen molar-refractivity contribution in [3.05, 3.63) is 82.3 Å². The molecule has 2 bridgehead atoms. The molecule has 0 spiro atoms. The van der Waals surface area contributed by atoms with Gasteiger partial charge in [0.2, 0.25) is 5.91 Å². The fourth-order valence-corrected chi connectivity index (χ4v) is 6.84. The van der Waals surface area contributed by atoms with Gasteiger partial charge in [0.25, 0.3) is 11.5 Å². The first-order valence-corrected chi connectivity index (χ1v) is 14.2. The first-order chi connectivity index (χ1) is 20.8. The monoisotopic (exact) mass is 586 g/mol. The third-order valence-corrected chi connectivity index (χ3v) is 8.80. The molecule has 4 heterocycles. The van der Waals surface area contributed by atoms with Crippen LogP contribution in [0.3, 0.4) is 0 Å². The standard InChI is InChI=1S/C32H34N4O7/c1-41-24-10-8-23(9-11-24)36-30(39)32(29(38)33-31(36)40,15-20-7-12-26(42-2)27(14-20)43-3)19-34-16-21-13-22(18-34)25-5-4-6-28(37)35(25)17-21/h4-12,14,21-22H,13,15-19H2,1-3H3,(H,33,38,40). The minimum Gasteiger partial charge on any atom is -0.497 e. The summed E-state index contributed by atoms with van der Waals surface area (Å²) in [5.41, 5.74) is 0.337. The lowest BCUT2D eigenvalue weighted by Gasteiger charge is -2.47. The Morgan fingerprint density at radius 1 is 0.860 bits per heavy atom. The fraction of sp³-hybridized carbons (Fsp3) is 0.375. The number of methoxy groups -OCH3 is 3. The minimum absolute atomic E-state index is 0.0129. The topological polar surface area (TPSA) is 119 Å². The van der Waals surface area contributed by atoms with E-state index in [9.17, 15) is 19.2 Å². The van der Waals surface area contributed by atoms with E-state index in [2.05, 4.69) is 10.2 Å². The average Bonchev–Trinajstić information content (AvgIpc) is 3.01. The van der Waals surface area contributed by atoms with Gasteiger partial charge in [-0.25, -0.2) is 9.69 Å². The number of carbonyl (C=O) groups excluding carboxylic acids is 3. The smallest absolute Gasteiger partial charge is 0.335 e. The highest BCUT2D eigenvalue weighted by atomic mass is 16.5. The number of amides is 4. The third kappa shape index (κ3) is 5.03. The summed E-state index contributed by atoms with van der Waals surface area (Å²) in [6.07, 6.45) is 0.957. The Morgan fingerprint density at radius 3 is 2.35 bits per heavy atom. The summed E-state index contributed by atoms with van der Waals surface area (Å²) < 4.78 is 18.0. The number of imide groups is 2. The summed E-state index contributed by atoms with van der Waals surface area (Å²) in [5.74, 6) is 0.582. The molecule has 0 radical (unpaired) electrons. The molecule has 43 heavy (non-hydrogen) atoms. The Morgan fingerprint density at radius 2 is 1.63 bits per heavy atom. The minimum atomic E-state index is -1.63. The summed E-state index contributed by atoms with van der Waals surface area (Å²) in [5, 5.41) is 2.48. The van der Waals surface area contributed by atoms with Crippen LogP contribution in [0.2, 0.25) is 0 Å². The van der Waals surface area contributed by atoms with Crippen molar-refractivity contribution in [2.75, 3.05) is 45.9 Å². The highest BCUT2D eigenvalue weighted by Crippen LogP contribution is 2.40. The molecule has 0 aliphatic carbocycles. The van der Waals surface area contributed by atoms with Gasteiger partial charge in [0.1, 0.15) is 11.2 Å². The maximum absolute atomic E-state index is 14.6. The zero-order chi connectivity index (χ0) is 30.3. The Bertz CT molecular complexity index is 1640. The van der Waals surface area contributed by atoms with Crippen molar-refractivity contribution in [1.82, 2.24) is 14.8 Å². The number of fused-ring (bicyclic) bond motifs is 4. The van der Waals surface area contributed by atoms with Crippen LogP contribution in [-0.2, 0) is 22.6 Å². The molecule has 0 saturated carbocycles. The lowest BCUT2D eigenvalue weighted by Crippen LogP contribution is -2.68. The largest absolute Gasteiger partial charge is 0.497 e. The summed E-state index contributed by atoms with van der Waals surface area (Å²) in [4.78, 5) is 57.4. The number of pyridine rings is 1. The first-order valence-electron chi connectivity index (χ1n) is 14.2. The van der Waals surface area contributed by atoms with E-state index in [0.717, 1.165) is 17.0 Å². The summed E-state index contributed by atoms with van der Waals surface area (Å²) in [6, 6.07) is 16.4. The molecule has 3 aliphatic heterocycles. The number of aromatic nitrogens is 1. The van der Waals surface area contributed by atoms with Crippen molar-refractivity contribution < 1.29 is 28.6 Å². The van der Waals surface area contributed by atoms with Gasteiger partial charge >= 0.3 is 6.03 Å². The predicted octanol–water partition coefficient (Wildman–Crippen LogP) is 2.81. The van der Waals surface area contributed by atoms with Crippen molar-refractivity contribution in [2.24, 2.45) is 11.3 Å². The zero-order valence-electron chi connectivity index (χ0n) is 24.4. The van der Waals surface area contributed by atoms with E-state index in [1.807, 2.05) is 10.6 Å². The number of barbiturate groups is 1. The quantitative estimate of drug-likeness (QED) is 0.401. The van der Waals surface area contributed by atoms with Gasteiger partial charge in [0.05, 0.1) is 27.0 Å². The molecule has 11 heteroatoms. The Kier molecular flexibility index (Phi) is 7.43. The number of anilines is 1. The number of nitrogens with zero attached hydrogens (tertiary/aromatic N) is 3. The lowest BCUT2D eigenvalue weighted by atomic mass is 9.75. The van der Waals surface area contributed by atoms with Gasteiger partial charge in [-0.2, -0.15) is 0 Å². The van der Waals surface area contributed by atoms with Gasteiger partial charge in [0.15, 0.2) is 11.5 Å². The number of likely N-dealkylation sites (tertiary alicyclic amines) is 1. The van der Waals surface area contributed by atoms with Crippen molar-refractivity contribution in [2.45, 2.75) is 25.3 Å². The highest BCUT2D eigenvalue weighted by molar-refractivity contribution is 6.30. The molecule has 4 amide bonds. The maximum Gasteiger partial charge on any atom is 0.335 e. The van der Waals surface area contributed by atoms with E-state index >= 15 is 0 Å². The molecule has 2 aromatic carbocycles. The summed E-state index contributed by atoms with van der Waals surface area (Å²) >= 11 is 0. The number of urea groups is 1. The van der Waals surface area contributed by atoms with Crippen LogP contribution in [0, 0.1) is 11.3 Å². The Balaban J connectivity index is 1.39. The number of hydrogen-bond donors (Lipinski definition) is 1. The van der Waals surface area contributed by atoms with Crippen LogP contribution in [0.25, 0.3) is 0 Å². The van der Waals surface area contributed by atoms with E-state index in [1.165, 1.54) is 21.3 Å². The van der Waals surface area contributed by atoms with Gasteiger partial charge in [0, 0.05) is 43.9 Å². The van der Waals surface area contributed by atoms with Crippen LogP contribution < -0.4 is 30.0 Å². The number of rotatable bonds is 8. The van der Waals surface area contributed by atoms with E-state index in [0.29, 0.717) is 48.1 Å². The predicted molar refractivity (Wildman–Crippen MR) is 158 cm³/mol. The fourth-order valence-electron chi connectivity index (χ4n) is 6.84. The van der Waals surface area contributed by atoms with Gasteiger partial charge in [-0.1, -0.05) is 12.1 Å². The van der Waals surface area contributed by atoms with E-state index in [-0.39, 0.29) is 30.4 Å². The van der Waals surface area contributed by atoms with E-state index < -0.39 is 23.3 Å². The zero-order valence-corrected chi connectivity index (χ0v) is 24.4.